The minimum absolute atomic E-state index is 0.275. The largest absolute Gasteiger partial charge is 0.490 e. The molecule has 0 aliphatic carbocycles. The number of alkyl halides is 3. The predicted molar refractivity (Wildman–Crippen MR) is 118 cm³/mol. The van der Waals surface area contributed by atoms with Crippen molar-refractivity contribution in [1.82, 2.24) is 14.8 Å². The lowest BCUT2D eigenvalue weighted by Gasteiger charge is -2.29. The SMILES string of the molecule is Cn1cc(-c2cc(Nc3ccc(N4CCOCC4)c(F)c3)ncc2Cl)cn1.O=C(O)C(F)(F)F. The zero-order valence-corrected chi connectivity index (χ0v) is 18.6. The number of benzene rings is 1. The van der Waals surface area contributed by atoms with E-state index in [0.29, 0.717) is 48.5 Å². The number of carboxylic acid groups (broad SMARTS) is 1. The molecule has 1 fully saturated rings. The number of morpholine rings is 1. The van der Waals surface area contributed by atoms with Crippen molar-refractivity contribution in [1.29, 1.82) is 0 Å². The average Bonchev–Trinajstić information content (AvgIpc) is 3.21. The number of nitrogens with zero attached hydrogens (tertiary/aromatic N) is 4. The molecule has 0 atom stereocenters. The maximum absolute atomic E-state index is 14.6. The first-order valence-corrected chi connectivity index (χ1v) is 10.3. The number of anilines is 3. The number of aliphatic carboxylic acids is 1. The van der Waals surface area contributed by atoms with Gasteiger partial charge >= 0.3 is 12.1 Å². The van der Waals surface area contributed by atoms with Crippen molar-refractivity contribution >= 4 is 34.8 Å². The Hall–Kier alpha value is -3.38. The molecule has 1 aromatic carbocycles. The summed E-state index contributed by atoms with van der Waals surface area (Å²) in [5, 5.41) is 15.0. The molecule has 13 heteroatoms. The van der Waals surface area contributed by atoms with Gasteiger partial charge in [-0.05, 0) is 24.3 Å². The van der Waals surface area contributed by atoms with E-state index in [-0.39, 0.29) is 5.82 Å². The number of halogens is 5. The van der Waals surface area contributed by atoms with Crippen molar-refractivity contribution in [2.24, 2.45) is 7.05 Å². The summed E-state index contributed by atoms with van der Waals surface area (Å²) in [6.07, 6.45) is 0.105. The van der Waals surface area contributed by atoms with Crippen molar-refractivity contribution in [3.05, 3.63) is 53.7 Å². The van der Waals surface area contributed by atoms with Crippen LogP contribution in [0.1, 0.15) is 0 Å². The third-order valence-corrected chi connectivity index (χ3v) is 4.99. The van der Waals surface area contributed by atoms with Crippen LogP contribution in [0.25, 0.3) is 11.1 Å². The summed E-state index contributed by atoms with van der Waals surface area (Å²) >= 11 is 6.27. The second-order valence-electron chi connectivity index (χ2n) is 7.15. The van der Waals surface area contributed by atoms with E-state index >= 15 is 0 Å². The van der Waals surface area contributed by atoms with E-state index in [2.05, 4.69) is 15.4 Å². The topological polar surface area (TPSA) is 92.5 Å². The van der Waals surface area contributed by atoms with Gasteiger partial charge in [-0.25, -0.2) is 14.2 Å². The van der Waals surface area contributed by atoms with Gasteiger partial charge in [-0.1, -0.05) is 11.6 Å². The van der Waals surface area contributed by atoms with Gasteiger partial charge in [-0.3, -0.25) is 4.68 Å². The highest BCUT2D eigenvalue weighted by atomic mass is 35.5. The van der Waals surface area contributed by atoms with Crippen LogP contribution < -0.4 is 10.2 Å². The summed E-state index contributed by atoms with van der Waals surface area (Å²) in [5.41, 5.74) is 2.91. The summed E-state index contributed by atoms with van der Waals surface area (Å²) in [4.78, 5) is 15.2. The van der Waals surface area contributed by atoms with Crippen molar-refractivity contribution in [3.63, 3.8) is 0 Å². The van der Waals surface area contributed by atoms with E-state index in [4.69, 9.17) is 26.2 Å². The van der Waals surface area contributed by atoms with Gasteiger partial charge in [-0.2, -0.15) is 18.3 Å². The van der Waals surface area contributed by atoms with Crippen LogP contribution in [-0.2, 0) is 16.6 Å². The molecule has 1 saturated heterocycles. The van der Waals surface area contributed by atoms with Gasteiger partial charge < -0.3 is 20.1 Å². The first-order chi connectivity index (χ1) is 16.0. The Balaban J connectivity index is 0.000000406. The highest BCUT2D eigenvalue weighted by molar-refractivity contribution is 6.33. The number of rotatable bonds is 4. The molecule has 4 rings (SSSR count). The Bertz CT molecular complexity index is 1150. The molecule has 182 valence electrons. The molecule has 0 bridgehead atoms. The summed E-state index contributed by atoms with van der Waals surface area (Å²) in [5.74, 6) is -2.45. The molecule has 1 aliphatic heterocycles. The molecule has 0 unspecified atom stereocenters. The van der Waals surface area contributed by atoms with E-state index in [0.717, 1.165) is 11.1 Å². The van der Waals surface area contributed by atoms with Gasteiger partial charge in [0, 0.05) is 49.3 Å². The monoisotopic (exact) mass is 501 g/mol. The number of hydrogen-bond donors (Lipinski definition) is 2. The third-order valence-electron chi connectivity index (χ3n) is 4.69. The van der Waals surface area contributed by atoms with Crippen molar-refractivity contribution < 1.29 is 32.2 Å². The van der Waals surface area contributed by atoms with Crippen LogP contribution in [0, 0.1) is 5.82 Å². The Morgan fingerprint density at radius 2 is 1.88 bits per heavy atom. The van der Waals surface area contributed by atoms with Crippen molar-refractivity contribution in [3.8, 4) is 11.1 Å². The molecule has 3 heterocycles. The van der Waals surface area contributed by atoms with Gasteiger partial charge in [-0.15, -0.1) is 0 Å². The lowest BCUT2D eigenvalue weighted by molar-refractivity contribution is -0.192. The number of carbonyl (C=O) groups is 1. The number of aromatic nitrogens is 3. The molecule has 8 nitrogen and oxygen atoms in total. The first-order valence-electron chi connectivity index (χ1n) is 9.88. The van der Waals surface area contributed by atoms with Crippen LogP contribution in [0.4, 0.5) is 34.8 Å². The maximum atomic E-state index is 14.6. The molecular formula is C21H20ClF4N5O3. The van der Waals surface area contributed by atoms with Gasteiger partial charge in [0.15, 0.2) is 0 Å². The molecule has 3 aromatic rings. The minimum Gasteiger partial charge on any atom is -0.475 e. The Morgan fingerprint density at radius 3 is 2.44 bits per heavy atom. The van der Waals surface area contributed by atoms with E-state index in [9.17, 15) is 17.6 Å². The molecule has 2 aromatic heterocycles. The number of hydrogen-bond acceptors (Lipinski definition) is 6. The van der Waals surface area contributed by atoms with Crippen LogP contribution >= 0.6 is 11.6 Å². The Morgan fingerprint density at radius 1 is 1.21 bits per heavy atom. The summed E-state index contributed by atoms with van der Waals surface area (Å²) < 4.78 is 53.3. The Kier molecular flexibility index (Phi) is 7.94. The molecule has 0 radical (unpaired) electrons. The molecule has 0 spiro atoms. The fraction of sp³-hybridized carbons (Fsp3) is 0.286. The summed E-state index contributed by atoms with van der Waals surface area (Å²) in [7, 11) is 1.84. The van der Waals surface area contributed by atoms with Gasteiger partial charge in [0.2, 0.25) is 0 Å². The predicted octanol–water partition coefficient (Wildman–Crippen LogP) is 4.49. The van der Waals surface area contributed by atoms with E-state index in [1.807, 2.05) is 30.3 Å². The second-order valence-corrected chi connectivity index (χ2v) is 7.55. The number of nitrogens with one attached hydrogen (secondary N) is 1. The molecular weight excluding hydrogens is 482 g/mol. The van der Waals surface area contributed by atoms with Crippen LogP contribution in [0.15, 0.2) is 42.9 Å². The number of ether oxygens (including phenoxy) is 1. The zero-order chi connectivity index (χ0) is 24.9. The molecule has 34 heavy (non-hydrogen) atoms. The van der Waals surface area contributed by atoms with E-state index in [1.165, 1.54) is 6.07 Å². The van der Waals surface area contributed by atoms with Gasteiger partial charge in [0.05, 0.1) is 30.1 Å². The zero-order valence-electron chi connectivity index (χ0n) is 17.8. The fourth-order valence-electron chi connectivity index (χ4n) is 3.08. The van der Waals surface area contributed by atoms with Crippen molar-refractivity contribution in [2.75, 3.05) is 36.5 Å². The van der Waals surface area contributed by atoms with Crippen molar-refractivity contribution in [2.45, 2.75) is 6.18 Å². The lowest BCUT2D eigenvalue weighted by Crippen LogP contribution is -2.36. The molecule has 1 aliphatic rings. The van der Waals surface area contributed by atoms with Gasteiger partial charge in [0.1, 0.15) is 11.6 Å². The van der Waals surface area contributed by atoms with E-state index < -0.39 is 12.1 Å². The van der Waals surface area contributed by atoms with Crippen LogP contribution in [0.3, 0.4) is 0 Å². The minimum atomic E-state index is -5.08. The average molecular weight is 502 g/mol. The van der Waals surface area contributed by atoms with Crippen LogP contribution in [0.2, 0.25) is 5.02 Å². The van der Waals surface area contributed by atoms with E-state index in [1.54, 1.807) is 23.1 Å². The van der Waals surface area contributed by atoms with Gasteiger partial charge in [0.25, 0.3) is 0 Å². The summed E-state index contributed by atoms with van der Waals surface area (Å²) in [6.45, 7) is 2.62. The quantitative estimate of drug-likeness (QED) is 0.509. The number of pyridine rings is 1. The Labute approximate surface area is 196 Å². The summed E-state index contributed by atoms with van der Waals surface area (Å²) in [6, 6.07) is 6.92. The highest BCUT2D eigenvalue weighted by Crippen LogP contribution is 2.31. The van der Waals surface area contributed by atoms with Crippen LogP contribution in [-0.4, -0.2) is 58.3 Å². The van der Waals surface area contributed by atoms with Crippen LogP contribution in [0.5, 0.6) is 0 Å². The fourth-order valence-corrected chi connectivity index (χ4v) is 3.29. The number of aryl methyl sites for hydroxylation is 1. The molecule has 0 amide bonds. The number of carboxylic acids is 1. The lowest BCUT2D eigenvalue weighted by atomic mass is 10.1. The first kappa shape index (κ1) is 25.2. The highest BCUT2D eigenvalue weighted by Gasteiger charge is 2.38. The third kappa shape index (κ3) is 6.58. The second kappa shape index (κ2) is 10.7. The smallest absolute Gasteiger partial charge is 0.475 e. The molecule has 0 saturated carbocycles. The normalized spacial score (nSPS) is 13.8. The standard InChI is InChI=1S/C19H19ClFN5O.C2HF3O2/c1-25-12-13(10-23-25)15-9-19(22-11-16(15)20)24-14-2-3-18(17(21)8-14)26-4-6-27-7-5-26;3-2(4,5)1(6)7/h2-3,8-12H,4-7H2,1H3,(H,22,24);(H,6,7). The molecule has 2 N–H and O–H groups in total. The maximum Gasteiger partial charge on any atom is 0.490 e.